The molecule has 0 radical (unpaired) electrons. The zero-order chi connectivity index (χ0) is 29.0. The van der Waals surface area contributed by atoms with Gasteiger partial charge in [-0.2, -0.15) is 0 Å². The Morgan fingerprint density at radius 1 is 0.455 bits per heavy atom. The maximum atomic E-state index is 5.01. The molecule has 0 aliphatic rings. The summed E-state index contributed by atoms with van der Waals surface area (Å²) in [5.41, 5.74) is 7.20. The summed E-state index contributed by atoms with van der Waals surface area (Å²) in [6.45, 7) is 0. The second-order valence-corrected chi connectivity index (χ2v) is 11.9. The summed E-state index contributed by atoms with van der Waals surface area (Å²) in [6, 6.07) is 46.0. The Labute approximate surface area is 256 Å². The highest BCUT2D eigenvalue weighted by atomic mass is 32.1. The maximum absolute atomic E-state index is 5.01. The average Bonchev–Trinajstić information content (AvgIpc) is 3.64. The Morgan fingerprint density at radius 2 is 1.02 bits per heavy atom. The van der Waals surface area contributed by atoms with Crippen molar-refractivity contribution in [3.05, 3.63) is 140 Å². The van der Waals surface area contributed by atoms with Gasteiger partial charge in [0, 0.05) is 33.0 Å². The molecular formula is C38H23N5S. The molecule has 0 N–H and O–H groups in total. The zero-order valence-electron chi connectivity index (χ0n) is 23.4. The maximum Gasteiger partial charge on any atom is 0.164 e. The second kappa shape index (κ2) is 9.93. The van der Waals surface area contributed by atoms with E-state index in [1.54, 1.807) is 11.3 Å². The van der Waals surface area contributed by atoms with Gasteiger partial charge in [-0.1, -0.05) is 103 Å². The number of pyridine rings is 1. The van der Waals surface area contributed by atoms with Gasteiger partial charge in [-0.05, 0) is 52.2 Å². The molecule has 0 saturated heterocycles. The number of hydrogen-bond acceptors (Lipinski definition) is 5. The molecule has 0 saturated carbocycles. The number of nitrogens with zero attached hydrogens (tertiary/aromatic N) is 5. The summed E-state index contributed by atoms with van der Waals surface area (Å²) < 4.78 is 3.46. The monoisotopic (exact) mass is 581 g/mol. The molecule has 5 aromatic carbocycles. The first-order valence-corrected chi connectivity index (χ1v) is 15.3. The topological polar surface area (TPSA) is 56.0 Å². The standard InChI is InChI=1S/C38H23N5S/c1-3-9-24(10-4-1)35-40-36(25-11-5-2-6-12-25)42-37(41-35)30-18-17-26-21-27(15-16-28(26)22-30)29-19-20-43-33(23-29)39-34-31-13-7-8-14-32(31)44-38(34)43/h1-23H. The van der Waals surface area contributed by atoms with Crippen molar-refractivity contribution in [1.29, 1.82) is 0 Å². The van der Waals surface area contributed by atoms with Crippen molar-refractivity contribution in [3.8, 4) is 45.3 Å². The molecule has 0 bridgehead atoms. The molecule has 44 heavy (non-hydrogen) atoms. The zero-order valence-corrected chi connectivity index (χ0v) is 24.2. The van der Waals surface area contributed by atoms with E-state index in [-0.39, 0.29) is 0 Å². The van der Waals surface area contributed by atoms with E-state index in [2.05, 4.69) is 83.4 Å². The Balaban J connectivity index is 1.11. The molecule has 0 unspecified atom stereocenters. The number of hydrogen-bond donors (Lipinski definition) is 0. The number of fused-ring (bicyclic) bond motifs is 6. The van der Waals surface area contributed by atoms with E-state index in [1.165, 1.54) is 14.9 Å². The van der Waals surface area contributed by atoms with Crippen molar-refractivity contribution in [2.75, 3.05) is 0 Å². The second-order valence-electron chi connectivity index (χ2n) is 10.8. The van der Waals surface area contributed by atoms with Crippen LogP contribution in [0.3, 0.4) is 0 Å². The van der Waals surface area contributed by atoms with Gasteiger partial charge in [0.05, 0.1) is 0 Å². The van der Waals surface area contributed by atoms with Gasteiger partial charge in [0.1, 0.15) is 16.0 Å². The van der Waals surface area contributed by atoms with Crippen molar-refractivity contribution in [3.63, 3.8) is 0 Å². The molecule has 0 aliphatic carbocycles. The first kappa shape index (κ1) is 24.8. The molecule has 5 nitrogen and oxygen atoms in total. The lowest BCUT2D eigenvalue weighted by Gasteiger charge is -2.10. The molecule has 6 heteroatoms. The molecule has 0 fully saturated rings. The number of aromatic nitrogens is 5. The smallest absolute Gasteiger partial charge is 0.164 e. The first-order chi connectivity index (χ1) is 21.8. The Morgan fingerprint density at radius 3 is 1.73 bits per heavy atom. The highest BCUT2D eigenvalue weighted by Gasteiger charge is 2.14. The minimum absolute atomic E-state index is 0.654. The Bertz CT molecular complexity index is 2440. The molecular weight excluding hydrogens is 559 g/mol. The van der Waals surface area contributed by atoms with Crippen molar-refractivity contribution >= 4 is 48.2 Å². The van der Waals surface area contributed by atoms with E-state index in [4.69, 9.17) is 19.9 Å². The molecule has 206 valence electrons. The molecule has 4 heterocycles. The summed E-state index contributed by atoms with van der Waals surface area (Å²) in [4.78, 5) is 20.8. The number of imidazole rings is 1. The lowest BCUT2D eigenvalue weighted by Crippen LogP contribution is -2.00. The predicted octanol–water partition coefficient (Wildman–Crippen LogP) is 9.71. The quantitative estimate of drug-likeness (QED) is 0.208. The van der Waals surface area contributed by atoms with Crippen LogP contribution in [0, 0.1) is 0 Å². The molecule has 0 aliphatic heterocycles. The van der Waals surface area contributed by atoms with E-state index >= 15 is 0 Å². The van der Waals surface area contributed by atoms with Crippen molar-refractivity contribution in [2.24, 2.45) is 0 Å². The molecule has 0 atom stereocenters. The highest BCUT2D eigenvalue weighted by Crippen LogP contribution is 2.35. The van der Waals surface area contributed by atoms with E-state index < -0.39 is 0 Å². The van der Waals surface area contributed by atoms with E-state index in [0.717, 1.165) is 49.8 Å². The van der Waals surface area contributed by atoms with Crippen LogP contribution in [0.2, 0.25) is 0 Å². The van der Waals surface area contributed by atoms with Gasteiger partial charge in [0.2, 0.25) is 0 Å². The minimum Gasteiger partial charge on any atom is -0.291 e. The van der Waals surface area contributed by atoms with Gasteiger partial charge in [0.25, 0.3) is 0 Å². The van der Waals surface area contributed by atoms with Gasteiger partial charge < -0.3 is 0 Å². The SMILES string of the molecule is c1ccc(-c2nc(-c3ccccc3)nc(-c3ccc4cc(-c5ccn6c(c5)nc5c7ccccc7sc56)ccc4c3)n2)cc1. The largest absolute Gasteiger partial charge is 0.291 e. The van der Waals surface area contributed by atoms with Gasteiger partial charge in [-0.3, -0.25) is 4.40 Å². The van der Waals surface area contributed by atoms with Crippen LogP contribution in [-0.2, 0) is 0 Å². The average molecular weight is 582 g/mol. The van der Waals surface area contributed by atoms with E-state index in [9.17, 15) is 0 Å². The van der Waals surface area contributed by atoms with Crippen molar-refractivity contribution < 1.29 is 0 Å². The van der Waals surface area contributed by atoms with Crippen LogP contribution in [0.1, 0.15) is 0 Å². The fourth-order valence-electron chi connectivity index (χ4n) is 5.83. The summed E-state index contributed by atoms with van der Waals surface area (Å²) in [7, 11) is 0. The highest BCUT2D eigenvalue weighted by molar-refractivity contribution is 7.25. The molecule has 9 rings (SSSR count). The van der Waals surface area contributed by atoms with Crippen LogP contribution in [0.25, 0.3) is 82.1 Å². The normalized spacial score (nSPS) is 11.6. The third kappa shape index (κ3) is 4.15. The summed E-state index contributed by atoms with van der Waals surface area (Å²) in [5, 5.41) is 3.49. The van der Waals surface area contributed by atoms with Crippen LogP contribution in [0.5, 0.6) is 0 Å². The van der Waals surface area contributed by atoms with Crippen LogP contribution in [0.15, 0.2) is 140 Å². The van der Waals surface area contributed by atoms with Crippen LogP contribution < -0.4 is 0 Å². The van der Waals surface area contributed by atoms with Gasteiger partial charge >= 0.3 is 0 Å². The van der Waals surface area contributed by atoms with E-state index in [1.807, 2.05) is 60.7 Å². The van der Waals surface area contributed by atoms with Crippen LogP contribution in [0.4, 0.5) is 0 Å². The summed E-state index contributed by atoms with van der Waals surface area (Å²) in [5.74, 6) is 1.97. The Kier molecular flexibility index (Phi) is 5.61. The third-order valence-corrected chi connectivity index (χ3v) is 9.22. The molecule has 9 aromatic rings. The summed E-state index contributed by atoms with van der Waals surface area (Å²) >= 11 is 1.79. The fraction of sp³-hybridized carbons (Fsp3) is 0. The summed E-state index contributed by atoms with van der Waals surface area (Å²) in [6.07, 6.45) is 2.14. The van der Waals surface area contributed by atoms with Gasteiger partial charge in [-0.25, -0.2) is 19.9 Å². The predicted molar refractivity (Wildman–Crippen MR) is 181 cm³/mol. The first-order valence-electron chi connectivity index (χ1n) is 14.5. The minimum atomic E-state index is 0.654. The fourth-order valence-corrected chi connectivity index (χ4v) is 6.97. The molecule has 0 amide bonds. The van der Waals surface area contributed by atoms with Crippen molar-refractivity contribution in [2.45, 2.75) is 0 Å². The van der Waals surface area contributed by atoms with Crippen LogP contribution in [-0.4, -0.2) is 24.3 Å². The number of rotatable bonds is 4. The molecule has 4 aromatic heterocycles. The number of thiophene rings is 1. The van der Waals surface area contributed by atoms with E-state index in [0.29, 0.717) is 17.5 Å². The van der Waals surface area contributed by atoms with Gasteiger partial charge in [0.15, 0.2) is 17.5 Å². The van der Waals surface area contributed by atoms with Crippen LogP contribution >= 0.6 is 11.3 Å². The van der Waals surface area contributed by atoms with Crippen molar-refractivity contribution in [1.82, 2.24) is 24.3 Å². The molecule has 0 spiro atoms. The van der Waals surface area contributed by atoms with Gasteiger partial charge in [-0.15, -0.1) is 11.3 Å². The number of benzene rings is 5. The third-order valence-electron chi connectivity index (χ3n) is 8.06. The lowest BCUT2D eigenvalue weighted by molar-refractivity contribution is 1.07. The Hall–Kier alpha value is -5.72. The lowest BCUT2D eigenvalue weighted by atomic mass is 10.0.